The number of anilines is 1. The van der Waals surface area contributed by atoms with Crippen LogP contribution in [-0.2, 0) is 13.5 Å². The van der Waals surface area contributed by atoms with Gasteiger partial charge in [-0.3, -0.25) is 4.68 Å². The van der Waals surface area contributed by atoms with Crippen molar-refractivity contribution < 1.29 is 4.74 Å². The van der Waals surface area contributed by atoms with E-state index in [1.807, 2.05) is 19.4 Å². The van der Waals surface area contributed by atoms with Gasteiger partial charge in [-0.2, -0.15) is 5.10 Å². The molecule has 0 unspecified atom stereocenters. The largest absolute Gasteiger partial charge is 0.490 e. The summed E-state index contributed by atoms with van der Waals surface area (Å²) in [5.41, 5.74) is 7.50. The van der Waals surface area contributed by atoms with Crippen molar-refractivity contribution in [1.82, 2.24) is 9.78 Å². The minimum Gasteiger partial charge on any atom is -0.490 e. The minimum atomic E-state index is 0.528. The highest BCUT2D eigenvalue weighted by Crippen LogP contribution is 2.34. The molecule has 0 atom stereocenters. The van der Waals surface area contributed by atoms with Gasteiger partial charge in [-0.1, -0.05) is 11.6 Å². The molecule has 0 aliphatic carbocycles. The first-order chi connectivity index (χ1) is 8.56. The number of benzene rings is 1. The molecule has 0 bridgehead atoms. The van der Waals surface area contributed by atoms with Gasteiger partial charge < -0.3 is 10.5 Å². The van der Waals surface area contributed by atoms with E-state index >= 15 is 0 Å². The normalized spacial score (nSPS) is 10.6. The van der Waals surface area contributed by atoms with Crippen LogP contribution in [0.25, 0.3) is 0 Å². The van der Waals surface area contributed by atoms with Crippen molar-refractivity contribution in [3.05, 3.63) is 39.6 Å². The lowest BCUT2D eigenvalue weighted by atomic mass is 10.2. The third-order valence-corrected chi connectivity index (χ3v) is 3.24. The molecule has 0 aliphatic rings. The number of nitrogens with two attached hydrogens (primary N) is 1. The van der Waals surface area contributed by atoms with Gasteiger partial charge in [-0.15, -0.1) is 0 Å². The number of ether oxygens (including phenoxy) is 1. The Kier molecular flexibility index (Phi) is 4.14. The fourth-order valence-corrected chi connectivity index (χ4v) is 2.55. The maximum atomic E-state index is 5.88. The highest BCUT2D eigenvalue weighted by atomic mass is 79.9. The molecule has 2 N–H and O–H groups in total. The Morgan fingerprint density at radius 3 is 2.89 bits per heavy atom. The van der Waals surface area contributed by atoms with Crippen LogP contribution in [0.15, 0.2) is 29.0 Å². The fraction of sp³-hybridized carbons (Fsp3) is 0.250. The number of aromatic nitrogens is 2. The van der Waals surface area contributed by atoms with Crippen molar-refractivity contribution in [3.8, 4) is 5.75 Å². The van der Waals surface area contributed by atoms with Crippen molar-refractivity contribution in [3.63, 3.8) is 0 Å². The molecule has 0 saturated carbocycles. The van der Waals surface area contributed by atoms with E-state index in [1.165, 1.54) is 0 Å². The maximum absolute atomic E-state index is 5.88. The van der Waals surface area contributed by atoms with Gasteiger partial charge in [0.05, 0.1) is 23.0 Å². The summed E-state index contributed by atoms with van der Waals surface area (Å²) in [5, 5.41) is 4.68. The highest BCUT2D eigenvalue weighted by Gasteiger charge is 2.08. The molecule has 6 heteroatoms. The molecule has 1 aromatic heterocycles. The molecule has 0 amide bonds. The van der Waals surface area contributed by atoms with Crippen LogP contribution >= 0.6 is 27.5 Å². The summed E-state index contributed by atoms with van der Waals surface area (Å²) >= 11 is 9.26. The lowest BCUT2D eigenvalue weighted by Crippen LogP contribution is -2.03. The second kappa shape index (κ2) is 5.63. The number of hydrogen-bond donors (Lipinski definition) is 1. The molecule has 1 aromatic carbocycles. The van der Waals surface area contributed by atoms with Gasteiger partial charge >= 0.3 is 0 Å². The SMILES string of the molecule is Cn1cc(CCOc2c(N)cc(Cl)cc2Br)cn1. The van der Waals surface area contributed by atoms with Gasteiger partial charge in [-0.05, 0) is 33.6 Å². The Labute approximate surface area is 119 Å². The topological polar surface area (TPSA) is 53.1 Å². The van der Waals surface area contributed by atoms with Crippen molar-refractivity contribution >= 4 is 33.2 Å². The average Bonchev–Trinajstić information content (AvgIpc) is 2.68. The van der Waals surface area contributed by atoms with Crippen molar-refractivity contribution in [2.75, 3.05) is 12.3 Å². The van der Waals surface area contributed by atoms with Gasteiger partial charge in [-0.25, -0.2) is 0 Å². The van der Waals surface area contributed by atoms with Crippen LogP contribution in [0.4, 0.5) is 5.69 Å². The Balaban J connectivity index is 1.98. The Bertz CT molecular complexity index is 533. The smallest absolute Gasteiger partial charge is 0.156 e. The first-order valence-electron chi connectivity index (χ1n) is 5.41. The summed E-state index contributed by atoms with van der Waals surface area (Å²) in [6.07, 6.45) is 4.57. The molecule has 96 valence electrons. The lowest BCUT2D eigenvalue weighted by molar-refractivity contribution is 0.321. The molecule has 0 spiro atoms. The Hall–Kier alpha value is -1.20. The van der Waals surface area contributed by atoms with E-state index in [-0.39, 0.29) is 0 Å². The summed E-state index contributed by atoms with van der Waals surface area (Å²) in [6, 6.07) is 3.43. The van der Waals surface area contributed by atoms with E-state index < -0.39 is 0 Å². The predicted molar refractivity (Wildman–Crippen MR) is 76.0 cm³/mol. The fourth-order valence-electron chi connectivity index (χ4n) is 1.60. The van der Waals surface area contributed by atoms with Gasteiger partial charge in [0, 0.05) is 24.7 Å². The van der Waals surface area contributed by atoms with Crippen molar-refractivity contribution in [2.45, 2.75) is 6.42 Å². The van der Waals surface area contributed by atoms with Gasteiger partial charge in [0.2, 0.25) is 0 Å². The molecule has 4 nitrogen and oxygen atoms in total. The van der Waals surface area contributed by atoms with E-state index in [2.05, 4.69) is 21.0 Å². The van der Waals surface area contributed by atoms with E-state index in [9.17, 15) is 0 Å². The third kappa shape index (κ3) is 3.17. The predicted octanol–water partition coefficient (Wildman–Crippen LogP) is 3.04. The summed E-state index contributed by atoms with van der Waals surface area (Å²) < 4.78 is 8.20. The van der Waals surface area contributed by atoms with Gasteiger partial charge in [0.1, 0.15) is 0 Å². The number of nitrogens with zero attached hydrogens (tertiary/aromatic N) is 2. The number of rotatable bonds is 4. The van der Waals surface area contributed by atoms with Crippen molar-refractivity contribution in [2.24, 2.45) is 7.05 Å². The quantitative estimate of drug-likeness (QED) is 0.877. The van der Waals surface area contributed by atoms with Gasteiger partial charge in [0.25, 0.3) is 0 Å². The molecular weight excluding hydrogens is 318 g/mol. The number of nitrogen functional groups attached to an aromatic ring is 1. The van der Waals surface area contributed by atoms with Crippen LogP contribution in [-0.4, -0.2) is 16.4 Å². The standard InChI is InChI=1S/C12H13BrClN3O/c1-17-7-8(6-16-17)2-3-18-12-10(13)4-9(14)5-11(12)15/h4-7H,2-3,15H2,1H3. The van der Waals surface area contributed by atoms with E-state index in [4.69, 9.17) is 22.1 Å². The van der Waals surface area contributed by atoms with E-state index in [0.29, 0.717) is 23.1 Å². The first kappa shape index (κ1) is 13.2. The highest BCUT2D eigenvalue weighted by molar-refractivity contribution is 9.10. The molecule has 1 heterocycles. The second-order valence-corrected chi connectivity index (χ2v) is 5.22. The molecular formula is C12H13BrClN3O. The monoisotopic (exact) mass is 329 g/mol. The van der Waals surface area contributed by atoms with Crippen molar-refractivity contribution in [1.29, 1.82) is 0 Å². The van der Waals surface area contributed by atoms with E-state index in [1.54, 1.807) is 16.8 Å². The molecule has 0 fully saturated rings. The van der Waals surface area contributed by atoms with Crippen LogP contribution in [0.3, 0.4) is 0 Å². The van der Waals surface area contributed by atoms with Crippen LogP contribution in [0.1, 0.15) is 5.56 Å². The number of aryl methyl sites for hydroxylation is 1. The zero-order valence-corrected chi connectivity index (χ0v) is 12.2. The number of hydrogen-bond acceptors (Lipinski definition) is 3. The molecule has 0 radical (unpaired) electrons. The summed E-state index contributed by atoms with van der Waals surface area (Å²) in [6.45, 7) is 0.538. The molecule has 0 saturated heterocycles. The van der Waals surface area contributed by atoms with Crippen LogP contribution in [0.2, 0.25) is 5.02 Å². The van der Waals surface area contributed by atoms with E-state index in [0.717, 1.165) is 16.5 Å². The summed E-state index contributed by atoms with van der Waals surface area (Å²) in [5.74, 6) is 0.628. The molecule has 18 heavy (non-hydrogen) atoms. The zero-order valence-electron chi connectivity index (χ0n) is 9.86. The first-order valence-corrected chi connectivity index (χ1v) is 6.58. The minimum absolute atomic E-state index is 0.528. The second-order valence-electron chi connectivity index (χ2n) is 3.93. The van der Waals surface area contributed by atoms with Gasteiger partial charge in [0.15, 0.2) is 5.75 Å². The Morgan fingerprint density at radius 1 is 1.50 bits per heavy atom. The zero-order chi connectivity index (χ0) is 13.1. The summed E-state index contributed by atoms with van der Waals surface area (Å²) in [4.78, 5) is 0. The molecule has 2 aromatic rings. The summed E-state index contributed by atoms with van der Waals surface area (Å²) in [7, 11) is 1.89. The third-order valence-electron chi connectivity index (χ3n) is 2.43. The molecule has 0 aliphatic heterocycles. The maximum Gasteiger partial charge on any atom is 0.156 e. The molecule has 2 rings (SSSR count). The number of halogens is 2. The van der Waals surface area contributed by atoms with Crippen LogP contribution in [0, 0.1) is 0 Å². The van der Waals surface area contributed by atoms with Crippen LogP contribution < -0.4 is 10.5 Å². The average molecular weight is 331 g/mol. The lowest BCUT2D eigenvalue weighted by Gasteiger charge is -2.10. The van der Waals surface area contributed by atoms with Crippen LogP contribution in [0.5, 0.6) is 5.75 Å². The Morgan fingerprint density at radius 2 is 2.28 bits per heavy atom.